The van der Waals surface area contributed by atoms with E-state index in [9.17, 15) is 0 Å². The molecular weight excluding hydrogens is 184 g/mol. The van der Waals surface area contributed by atoms with E-state index < -0.39 is 0 Å². The molecule has 2 aliphatic carbocycles. The van der Waals surface area contributed by atoms with Crippen LogP contribution in [0.15, 0.2) is 0 Å². The van der Waals surface area contributed by atoms with Gasteiger partial charge in [-0.3, -0.25) is 0 Å². The lowest BCUT2D eigenvalue weighted by atomic mass is 9.93. The number of nitrogens with one attached hydrogen (secondary N) is 2. The molecule has 2 heteroatoms. The second kappa shape index (κ2) is 4.42. The SMILES string of the molecule is C1CC(CNC2CC3CCC2C3)CCN1. The summed E-state index contributed by atoms with van der Waals surface area (Å²) < 4.78 is 0. The minimum absolute atomic E-state index is 0.888. The predicted molar refractivity (Wildman–Crippen MR) is 62.8 cm³/mol. The summed E-state index contributed by atoms with van der Waals surface area (Å²) in [5, 5.41) is 7.30. The molecule has 0 aromatic heterocycles. The standard InChI is InChI=1S/C13H24N2/c1-2-12-7-11(1)8-13(12)15-9-10-3-5-14-6-4-10/h10-15H,1-9H2. The van der Waals surface area contributed by atoms with Gasteiger partial charge in [0.25, 0.3) is 0 Å². The molecule has 0 radical (unpaired) electrons. The van der Waals surface area contributed by atoms with Crippen molar-refractivity contribution in [1.29, 1.82) is 0 Å². The van der Waals surface area contributed by atoms with Crippen LogP contribution in [-0.2, 0) is 0 Å². The van der Waals surface area contributed by atoms with Crippen LogP contribution in [0.2, 0.25) is 0 Å². The fourth-order valence-electron chi connectivity index (χ4n) is 3.90. The zero-order chi connectivity index (χ0) is 10.1. The number of hydrogen-bond donors (Lipinski definition) is 2. The Morgan fingerprint density at radius 1 is 1.00 bits per heavy atom. The zero-order valence-electron chi connectivity index (χ0n) is 9.67. The molecule has 1 aliphatic heterocycles. The third kappa shape index (κ3) is 2.21. The van der Waals surface area contributed by atoms with E-state index in [1.54, 1.807) is 0 Å². The maximum atomic E-state index is 3.85. The maximum absolute atomic E-state index is 3.85. The number of piperidine rings is 1. The molecule has 3 fully saturated rings. The van der Waals surface area contributed by atoms with E-state index >= 15 is 0 Å². The first-order chi connectivity index (χ1) is 7.42. The molecule has 1 saturated heterocycles. The van der Waals surface area contributed by atoms with Crippen molar-refractivity contribution in [3.8, 4) is 0 Å². The highest BCUT2D eigenvalue weighted by Crippen LogP contribution is 2.44. The van der Waals surface area contributed by atoms with E-state index in [0.29, 0.717) is 0 Å². The van der Waals surface area contributed by atoms with Gasteiger partial charge in [0.05, 0.1) is 0 Å². The van der Waals surface area contributed by atoms with E-state index in [-0.39, 0.29) is 0 Å². The second-order valence-electron chi connectivity index (χ2n) is 5.88. The van der Waals surface area contributed by atoms with Crippen LogP contribution in [0.1, 0.15) is 38.5 Å². The van der Waals surface area contributed by atoms with Gasteiger partial charge < -0.3 is 10.6 Å². The van der Waals surface area contributed by atoms with Gasteiger partial charge in [0.1, 0.15) is 0 Å². The van der Waals surface area contributed by atoms with Gasteiger partial charge in [0, 0.05) is 6.04 Å². The number of fused-ring (bicyclic) bond motifs is 2. The van der Waals surface area contributed by atoms with Crippen molar-refractivity contribution in [1.82, 2.24) is 10.6 Å². The monoisotopic (exact) mass is 208 g/mol. The minimum atomic E-state index is 0.888. The van der Waals surface area contributed by atoms with Crippen LogP contribution < -0.4 is 10.6 Å². The van der Waals surface area contributed by atoms with Crippen molar-refractivity contribution >= 4 is 0 Å². The van der Waals surface area contributed by atoms with Crippen LogP contribution in [0.25, 0.3) is 0 Å². The lowest BCUT2D eigenvalue weighted by Crippen LogP contribution is -2.40. The smallest absolute Gasteiger partial charge is 0.00981 e. The Balaban J connectivity index is 1.42. The third-order valence-electron chi connectivity index (χ3n) is 4.87. The Labute approximate surface area is 93.2 Å². The van der Waals surface area contributed by atoms with E-state index in [4.69, 9.17) is 0 Å². The highest BCUT2D eigenvalue weighted by Gasteiger charge is 2.39. The molecule has 86 valence electrons. The van der Waals surface area contributed by atoms with Gasteiger partial charge in [-0.05, 0) is 69.5 Å². The summed E-state index contributed by atoms with van der Waals surface area (Å²) in [6, 6.07) is 0.888. The molecule has 2 nitrogen and oxygen atoms in total. The minimum Gasteiger partial charge on any atom is -0.317 e. The van der Waals surface area contributed by atoms with Crippen LogP contribution in [0, 0.1) is 17.8 Å². The zero-order valence-corrected chi connectivity index (χ0v) is 9.67. The van der Waals surface area contributed by atoms with Gasteiger partial charge in [-0.1, -0.05) is 6.42 Å². The molecule has 3 atom stereocenters. The van der Waals surface area contributed by atoms with Gasteiger partial charge in [-0.15, -0.1) is 0 Å². The van der Waals surface area contributed by atoms with E-state index in [1.807, 2.05) is 0 Å². The summed E-state index contributed by atoms with van der Waals surface area (Å²) in [4.78, 5) is 0. The van der Waals surface area contributed by atoms with Crippen molar-refractivity contribution in [3.05, 3.63) is 0 Å². The van der Waals surface area contributed by atoms with Gasteiger partial charge in [0.15, 0.2) is 0 Å². The summed E-state index contributed by atoms with van der Waals surface area (Å²) in [6.07, 6.45) is 8.81. The van der Waals surface area contributed by atoms with Crippen molar-refractivity contribution in [2.45, 2.75) is 44.6 Å². The lowest BCUT2D eigenvalue weighted by Gasteiger charge is -2.28. The van der Waals surface area contributed by atoms with Crippen LogP contribution in [0.5, 0.6) is 0 Å². The highest BCUT2D eigenvalue weighted by molar-refractivity contribution is 4.94. The largest absolute Gasteiger partial charge is 0.317 e. The van der Waals surface area contributed by atoms with Gasteiger partial charge >= 0.3 is 0 Å². The first-order valence-electron chi connectivity index (χ1n) is 6.86. The Morgan fingerprint density at radius 3 is 2.53 bits per heavy atom. The molecule has 3 rings (SSSR count). The third-order valence-corrected chi connectivity index (χ3v) is 4.87. The molecule has 2 saturated carbocycles. The first-order valence-corrected chi connectivity index (χ1v) is 6.86. The van der Waals surface area contributed by atoms with Crippen LogP contribution in [0.4, 0.5) is 0 Å². The fourth-order valence-corrected chi connectivity index (χ4v) is 3.90. The average Bonchev–Trinajstić information content (AvgIpc) is 2.89. The summed E-state index contributed by atoms with van der Waals surface area (Å²) in [7, 11) is 0. The molecule has 0 aromatic carbocycles. The average molecular weight is 208 g/mol. The fraction of sp³-hybridized carbons (Fsp3) is 1.00. The van der Waals surface area contributed by atoms with Gasteiger partial charge in [-0.25, -0.2) is 0 Å². The van der Waals surface area contributed by atoms with Gasteiger partial charge in [-0.2, -0.15) is 0 Å². The summed E-state index contributed by atoms with van der Waals surface area (Å²) in [5.74, 6) is 3.07. The quantitative estimate of drug-likeness (QED) is 0.738. The molecule has 15 heavy (non-hydrogen) atoms. The summed E-state index contributed by atoms with van der Waals surface area (Å²) >= 11 is 0. The normalized spacial score (nSPS) is 41.2. The van der Waals surface area contributed by atoms with Crippen molar-refractivity contribution in [2.75, 3.05) is 19.6 Å². The van der Waals surface area contributed by atoms with Crippen LogP contribution >= 0.6 is 0 Å². The Kier molecular flexibility index (Phi) is 2.98. The Hall–Kier alpha value is -0.0800. The Morgan fingerprint density at radius 2 is 1.87 bits per heavy atom. The highest BCUT2D eigenvalue weighted by atomic mass is 14.9. The van der Waals surface area contributed by atoms with Crippen molar-refractivity contribution < 1.29 is 0 Å². The molecule has 3 aliphatic rings. The predicted octanol–water partition coefficient (Wildman–Crippen LogP) is 1.76. The first kappa shape index (κ1) is 10.1. The molecule has 0 amide bonds. The van der Waals surface area contributed by atoms with Crippen molar-refractivity contribution in [3.63, 3.8) is 0 Å². The van der Waals surface area contributed by atoms with E-state index in [1.165, 1.54) is 58.2 Å². The summed E-state index contributed by atoms with van der Waals surface area (Å²) in [6.45, 7) is 3.77. The topological polar surface area (TPSA) is 24.1 Å². The molecule has 0 spiro atoms. The second-order valence-corrected chi connectivity index (χ2v) is 5.88. The molecular formula is C13H24N2. The number of rotatable bonds is 3. The molecule has 1 heterocycles. The maximum Gasteiger partial charge on any atom is 0.00981 e. The molecule has 2 N–H and O–H groups in total. The molecule has 2 bridgehead atoms. The summed E-state index contributed by atoms with van der Waals surface area (Å²) in [5.41, 5.74) is 0. The van der Waals surface area contributed by atoms with Crippen LogP contribution in [-0.4, -0.2) is 25.7 Å². The van der Waals surface area contributed by atoms with Crippen molar-refractivity contribution in [2.24, 2.45) is 17.8 Å². The number of hydrogen-bond acceptors (Lipinski definition) is 2. The van der Waals surface area contributed by atoms with Gasteiger partial charge in [0.2, 0.25) is 0 Å². The van der Waals surface area contributed by atoms with E-state index in [2.05, 4.69) is 10.6 Å². The molecule has 0 aromatic rings. The molecule has 3 unspecified atom stereocenters. The van der Waals surface area contributed by atoms with Crippen LogP contribution in [0.3, 0.4) is 0 Å². The van der Waals surface area contributed by atoms with E-state index in [0.717, 1.165) is 23.8 Å². The Bertz CT molecular complexity index is 211. The lowest BCUT2D eigenvalue weighted by molar-refractivity contribution is 0.297.